The fourth-order valence-electron chi connectivity index (χ4n) is 12.7. The monoisotopic (exact) mass is 948 g/mol. The lowest BCUT2D eigenvalue weighted by atomic mass is 9.33. The fraction of sp³-hybridized carbons (Fsp3) is 0.382. The third-order valence-corrected chi connectivity index (χ3v) is 17.7. The highest BCUT2D eigenvalue weighted by Gasteiger charge is 2.63. The van der Waals surface area contributed by atoms with Crippen LogP contribution in [0.2, 0.25) is 0 Å². The second kappa shape index (κ2) is 15.8. The summed E-state index contributed by atoms with van der Waals surface area (Å²) in [7, 11) is 0. The van der Waals surface area contributed by atoms with Crippen molar-refractivity contribution in [1.29, 1.82) is 0 Å². The van der Waals surface area contributed by atoms with Crippen molar-refractivity contribution < 1.29 is 0 Å². The molecule has 0 N–H and O–H groups in total. The Hall–Kier alpha value is -6.00. The minimum Gasteiger partial charge on any atom is -0.334 e. The molecule has 1 aliphatic carbocycles. The van der Waals surface area contributed by atoms with Gasteiger partial charge in [0.15, 0.2) is 0 Å². The molecule has 1 saturated carbocycles. The lowest BCUT2D eigenvalue weighted by molar-refractivity contribution is 0.133. The molecule has 3 aliphatic heterocycles. The van der Waals surface area contributed by atoms with Crippen molar-refractivity contribution in [3.63, 3.8) is 0 Å². The van der Waals surface area contributed by atoms with Crippen LogP contribution in [-0.2, 0) is 32.5 Å². The number of rotatable bonds is 4. The number of benzene rings is 7. The molecule has 0 saturated heterocycles. The SMILES string of the molecule is CC(C)(C)c1ccc(N2c3cc(N4c5ccc(C(C)(C)C)cc5C5(C)CCC45C)ccc3B3c4ccc(C(C)(C)C)cc4N(c4ccc(C(C)(C)C)cc4-c4ccccc4)c4cc(C(C)(C)C)cc2c43)cc1. The first-order chi connectivity index (χ1) is 33.6. The van der Waals surface area contributed by atoms with Crippen LogP contribution in [0.1, 0.15) is 164 Å². The zero-order chi connectivity index (χ0) is 51.5. The topological polar surface area (TPSA) is 9.72 Å². The van der Waals surface area contributed by atoms with Crippen molar-refractivity contribution in [2.24, 2.45) is 0 Å². The van der Waals surface area contributed by atoms with Crippen molar-refractivity contribution in [2.75, 3.05) is 14.7 Å². The van der Waals surface area contributed by atoms with E-state index in [1.54, 1.807) is 0 Å². The van der Waals surface area contributed by atoms with E-state index in [9.17, 15) is 0 Å². The molecule has 0 amide bonds. The van der Waals surface area contributed by atoms with Gasteiger partial charge in [-0.05, 0) is 163 Å². The first kappa shape index (κ1) is 48.3. The molecular weight excluding hydrogens is 870 g/mol. The number of hydrogen-bond donors (Lipinski definition) is 0. The van der Waals surface area contributed by atoms with Gasteiger partial charge in [0.05, 0.1) is 11.2 Å². The molecule has 0 bridgehead atoms. The van der Waals surface area contributed by atoms with Crippen LogP contribution in [0.15, 0.2) is 140 Å². The zero-order valence-corrected chi connectivity index (χ0v) is 46.6. The Bertz CT molecular complexity index is 3310. The smallest absolute Gasteiger partial charge is 0.252 e. The highest BCUT2D eigenvalue weighted by atomic mass is 15.3. The molecule has 7 aromatic rings. The van der Waals surface area contributed by atoms with Gasteiger partial charge in [-0.25, -0.2) is 0 Å². The van der Waals surface area contributed by atoms with Gasteiger partial charge in [-0.1, -0.05) is 190 Å². The van der Waals surface area contributed by atoms with Gasteiger partial charge in [-0.15, -0.1) is 0 Å². The van der Waals surface area contributed by atoms with E-state index in [2.05, 4.69) is 272 Å². The molecule has 2 atom stereocenters. The Balaban J connectivity index is 1.23. The Morgan fingerprint density at radius 3 is 1.43 bits per heavy atom. The Kier molecular flexibility index (Phi) is 10.6. The van der Waals surface area contributed by atoms with Gasteiger partial charge in [0.1, 0.15) is 0 Å². The van der Waals surface area contributed by atoms with Crippen molar-refractivity contribution in [2.45, 2.75) is 169 Å². The quantitative estimate of drug-likeness (QED) is 0.163. The lowest BCUT2D eigenvalue weighted by Crippen LogP contribution is -2.62. The normalized spacial score (nSPS) is 19.3. The number of fused-ring (bicyclic) bond motifs is 7. The summed E-state index contributed by atoms with van der Waals surface area (Å²) >= 11 is 0. The van der Waals surface area contributed by atoms with Crippen LogP contribution in [0.25, 0.3) is 11.1 Å². The molecule has 0 spiro atoms. The Morgan fingerprint density at radius 2 is 0.861 bits per heavy atom. The van der Waals surface area contributed by atoms with E-state index in [0.29, 0.717) is 0 Å². The van der Waals surface area contributed by atoms with Crippen LogP contribution < -0.4 is 31.1 Å². The average Bonchev–Trinajstić information content (AvgIpc) is 3.44. The first-order valence-electron chi connectivity index (χ1n) is 26.9. The van der Waals surface area contributed by atoms with Gasteiger partial charge in [0.2, 0.25) is 0 Å². The lowest BCUT2D eigenvalue weighted by Gasteiger charge is -2.56. The van der Waals surface area contributed by atoms with E-state index in [1.807, 2.05) is 0 Å². The van der Waals surface area contributed by atoms with Gasteiger partial charge in [0.25, 0.3) is 6.71 Å². The van der Waals surface area contributed by atoms with Crippen molar-refractivity contribution in [3.05, 3.63) is 173 Å². The highest BCUT2D eigenvalue weighted by molar-refractivity contribution is 7.00. The Labute approximate surface area is 433 Å². The summed E-state index contributed by atoms with van der Waals surface area (Å²) in [6.07, 6.45) is 2.35. The van der Waals surface area contributed by atoms with Crippen LogP contribution >= 0.6 is 0 Å². The van der Waals surface area contributed by atoms with Gasteiger partial charge in [0, 0.05) is 50.8 Å². The van der Waals surface area contributed by atoms with Gasteiger partial charge >= 0.3 is 0 Å². The van der Waals surface area contributed by atoms with Crippen molar-refractivity contribution >= 4 is 68.6 Å². The zero-order valence-electron chi connectivity index (χ0n) is 46.6. The van der Waals surface area contributed by atoms with Crippen molar-refractivity contribution in [1.82, 2.24) is 0 Å². The van der Waals surface area contributed by atoms with Crippen LogP contribution in [0.4, 0.5) is 45.5 Å². The summed E-state index contributed by atoms with van der Waals surface area (Å²) in [4.78, 5) is 8.05. The van der Waals surface area contributed by atoms with Crippen molar-refractivity contribution in [3.8, 4) is 11.1 Å². The number of nitrogens with zero attached hydrogens (tertiary/aromatic N) is 3. The third-order valence-electron chi connectivity index (χ3n) is 17.7. The van der Waals surface area contributed by atoms with Gasteiger partial charge in [-0.2, -0.15) is 0 Å². The summed E-state index contributed by atoms with van der Waals surface area (Å²) in [5.41, 5.74) is 24.7. The van der Waals surface area contributed by atoms with E-state index in [4.69, 9.17) is 0 Å². The maximum absolute atomic E-state index is 2.74. The molecule has 0 aromatic heterocycles. The predicted octanol–water partition coefficient (Wildman–Crippen LogP) is 16.9. The number of anilines is 8. The number of hydrogen-bond acceptors (Lipinski definition) is 3. The maximum atomic E-state index is 2.74. The van der Waals surface area contributed by atoms with E-state index in [-0.39, 0.29) is 44.7 Å². The van der Waals surface area contributed by atoms with Crippen LogP contribution in [0, 0.1) is 0 Å². The highest BCUT2D eigenvalue weighted by Crippen LogP contribution is 2.65. The maximum Gasteiger partial charge on any atom is 0.252 e. The summed E-state index contributed by atoms with van der Waals surface area (Å²) in [5.74, 6) is 0. The molecule has 72 heavy (non-hydrogen) atoms. The molecule has 368 valence electrons. The summed E-state index contributed by atoms with van der Waals surface area (Å²) < 4.78 is 0. The predicted molar refractivity (Wildman–Crippen MR) is 313 cm³/mol. The average molecular weight is 948 g/mol. The van der Waals surface area contributed by atoms with Gasteiger partial charge < -0.3 is 14.7 Å². The van der Waals surface area contributed by atoms with Crippen LogP contribution in [-0.4, -0.2) is 12.3 Å². The molecule has 11 rings (SSSR count). The summed E-state index contributed by atoms with van der Waals surface area (Å²) in [6.45, 7) is 40.3. The van der Waals surface area contributed by atoms with Crippen LogP contribution in [0.3, 0.4) is 0 Å². The molecule has 2 unspecified atom stereocenters. The van der Waals surface area contributed by atoms with E-state index < -0.39 is 0 Å². The third kappa shape index (κ3) is 7.34. The van der Waals surface area contributed by atoms with E-state index in [0.717, 1.165) is 6.42 Å². The van der Waals surface area contributed by atoms with E-state index in [1.165, 1.54) is 113 Å². The standard InChI is InChI=1S/C68H78BN3/c1-62(2,3)44-23-28-49(29-24-44)70-58-42-50(72-56-34-27-46(64(7,8)9)38-52(56)67(16)35-36-68(67,72)17)30-32-54(58)69-53-31-25-47(65(10,11)12)39-57(53)71(60-41-48(66(13,14)15)40-59(70)61(60)69)55-33-26-45(63(4,5)6)37-51(55)43-21-19-18-20-22-43/h18-34,37-42H,35-36H2,1-17H3. The van der Waals surface area contributed by atoms with E-state index >= 15 is 0 Å². The molecule has 4 heteroatoms. The minimum absolute atomic E-state index is 0.00257. The second-order valence-electron chi connectivity index (χ2n) is 27.6. The fourth-order valence-corrected chi connectivity index (χ4v) is 12.7. The molecule has 4 aliphatic rings. The molecule has 3 heterocycles. The summed E-state index contributed by atoms with van der Waals surface area (Å²) in [6, 6.07) is 55.4. The molecular formula is C68H78BN3. The minimum atomic E-state index is -0.142. The largest absolute Gasteiger partial charge is 0.334 e. The first-order valence-corrected chi connectivity index (χ1v) is 26.9. The molecule has 3 nitrogen and oxygen atoms in total. The Morgan fingerprint density at radius 1 is 0.389 bits per heavy atom. The molecule has 7 aromatic carbocycles. The summed E-state index contributed by atoms with van der Waals surface area (Å²) in [5, 5.41) is 0. The second-order valence-corrected chi connectivity index (χ2v) is 27.6. The molecule has 0 radical (unpaired) electrons. The molecule has 1 fully saturated rings. The van der Waals surface area contributed by atoms with Gasteiger partial charge in [-0.3, -0.25) is 0 Å². The van der Waals surface area contributed by atoms with Crippen LogP contribution in [0.5, 0.6) is 0 Å².